The van der Waals surface area contributed by atoms with Crippen molar-refractivity contribution in [3.05, 3.63) is 0 Å². The smallest absolute Gasteiger partial charge is 0.303 e. The molecule has 1 fully saturated rings. The molecule has 1 aliphatic rings. The van der Waals surface area contributed by atoms with Crippen molar-refractivity contribution in [1.29, 1.82) is 0 Å². The lowest BCUT2D eigenvalue weighted by atomic mass is 9.89. The number of epoxide rings is 1. The number of carbonyl (C=O) groups excluding carboxylic acids is 1. The van der Waals surface area contributed by atoms with E-state index in [4.69, 9.17) is 5.11 Å². The molecule has 1 aliphatic heterocycles. The van der Waals surface area contributed by atoms with Crippen molar-refractivity contribution >= 4 is 12.3 Å². The highest BCUT2D eigenvalue weighted by molar-refractivity contribution is 5.66. The number of carboxylic acids is 1. The summed E-state index contributed by atoms with van der Waals surface area (Å²) in [5.41, 5.74) is 0.392. The van der Waals surface area contributed by atoms with Gasteiger partial charge in [-0.15, -0.1) is 0 Å². The van der Waals surface area contributed by atoms with E-state index < -0.39 is 5.97 Å². The fourth-order valence-electron chi connectivity index (χ4n) is 1.24. The van der Waals surface area contributed by atoms with Crippen LogP contribution in [-0.4, -0.2) is 30.1 Å². The molecule has 0 aromatic carbocycles. The van der Waals surface area contributed by atoms with Gasteiger partial charge in [0.15, 0.2) is 6.29 Å². The Morgan fingerprint density at radius 2 is 1.94 bits per heavy atom. The number of aldehydes is 1. The number of rotatable bonds is 6. The lowest BCUT2D eigenvalue weighted by Crippen LogP contribution is -2.04. The third-order valence-electron chi connectivity index (χ3n) is 2.33. The van der Waals surface area contributed by atoms with Gasteiger partial charge < -0.3 is 14.6 Å². The molecule has 0 bridgehead atoms. The summed E-state index contributed by atoms with van der Waals surface area (Å²) in [6.07, 6.45) is 5.29. The first-order valence-electron chi connectivity index (χ1n) is 6.14. The Kier molecular flexibility index (Phi) is 7.79. The molecule has 0 amide bonds. The minimum atomic E-state index is -0.675. The maximum Gasteiger partial charge on any atom is 0.303 e. The molecule has 1 heterocycles. The van der Waals surface area contributed by atoms with Gasteiger partial charge >= 0.3 is 5.97 Å². The third kappa shape index (κ3) is 15.1. The zero-order valence-corrected chi connectivity index (χ0v) is 11.1. The Balaban J connectivity index is 0.000000419. The van der Waals surface area contributed by atoms with Gasteiger partial charge in [-0.2, -0.15) is 0 Å². The van der Waals surface area contributed by atoms with E-state index in [2.05, 4.69) is 25.5 Å². The van der Waals surface area contributed by atoms with Gasteiger partial charge in [-0.1, -0.05) is 33.6 Å². The van der Waals surface area contributed by atoms with E-state index in [0.29, 0.717) is 18.4 Å². The molecule has 1 saturated heterocycles. The molecule has 1 N–H and O–H groups in total. The van der Waals surface area contributed by atoms with Gasteiger partial charge in [0.2, 0.25) is 0 Å². The molecule has 0 aromatic heterocycles. The molecule has 0 spiro atoms. The fourth-order valence-corrected chi connectivity index (χ4v) is 1.24. The second kappa shape index (κ2) is 8.23. The molecule has 0 radical (unpaired) electrons. The second-order valence-corrected chi connectivity index (χ2v) is 5.52. The number of unbranched alkanes of at least 4 members (excludes halogenated alkanes) is 2. The van der Waals surface area contributed by atoms with Crippen LogP contribution in [0.5, 0.6) is 0 Å². The van der Waals surface area contributed by atoms with Gasteiger partial charge in [-0.3, -0.25) is 4.79 Å². The number of hydrogen-bond donors (Lipinski definition) is 1. The SMILES string of the molecule is CC(C)(C)CCCCCC(=O)O.O=CC1CO1. The predicted octanol–water partition coefficient (Wildman–Crippen LogP) is 2.65. The summed E-state index contributed by atoms with van der Waals surface area (Å²) in [6.45, 7) is 7.28. The minimum Gasteiger partial charge on any atom is -0.481 e. The van der Waals surface area contributed by atoms with E-state index in [-0.39, 0.29) is 6.10 Å². The van der Waals surface area contributed by atoms with Crippen LogP contribution >= 0.6 is 0 Å². The lowest BCUT2D eigenvalue weighted by Gasteiger charge is -2.17. The molecule has 100 valence electrons. The number of carboxylic acid groups (broad SMARTS) is 1. The maximum absolute atomic E-state index is 10.2. The predicted molar refractivity (Wildman–Crippen MR) is 66.0 cm³/mol. The van der Waals surface area contributed by atoms with Crippen molar-refractivity contribution in [2.24, 2.45) is 5.41 Å². The van der Waals surface area contributed by atoms with Crippen LogP contribution in [0.15, 0.2) is 0 Å². The first-order valence-corrected chi connectivity index (χ1v) is 6.14. The first-order chi connectivity index (χ1) is 7.85. The summed E-state index contributed by atoms with van der Waals surface area (Å²) in [5, 5.41) is 8.37. The van der Waals surface area contributed by atoms with Crippen molar-refractivity contribution in [2.45, 2.75) is 59.0 Å². The van der Waals surface area contributed by atoms with Crippen LogP contribution in [0, 0.1) is 5.41 Å². The average Bonchev–Trinajstić information content (AvgIpc) is 2.98. The summed E-state index contributed by atoms with van der Waals surface area (Å²) in [6, 6.07) is 0. The van der Waals surface area contributed by atoms with Crippen molar-refractivity contribution in [2.75, 3.05) is 6.61 Å². The summed E-state index contributed by atoms with van der Waals surface area (Å²) >= 11 is 0. The molecule has 1 rings (SSSR count). The van der Waals surface area contributed by atoms with Gasteiger partial charge in [0.05, 0.1) is 6.61 Å². The van der Waals surface area contributed by atoms with Gasteiger partial charge in [-0.05, 0) is 18.3 Å². The van der Waals surface area contributed by atoms with Gasteiger partial charge in [-0.25, -0.2) is 0 Å². The van der Waals surface area contributed by atoms with E-state index in [9.17, 15) is 9.59 Å². The zero-order valence-electron chi connectivity index (χ0n) is 11.1. The Morgan fingerprint density at radius 1 is 1.35 bits per heavy atom. The van der Waals surface area contributed by atoms with Crippen LogP contribution < -0.4 is 0 Å². The standard InChI is InChI=1S/C10H20O2.C3H4O2/c1-10(2,3)8-6-4-5-7-9(11)12;4-1-3-2-5-3/h4-8H2,1-3H3,(H,11,12);1,3H,2H2. The largest absolute Gasteiger partial charge is 0.481 e. The zero-order chi connectivity index (χ0) is 13.3. The quantitative estimate of drug-likeness (QED) is 0.443. The second-order valence-electron chi connectivity index (χ2n) is 5.52. The van der Waals surface area contributed by atoms with Crippen LogP contribution in [-0.2, 0) is 14.3 Å². The van der Waals surface area contributed by atoms with Crippen LogP contribution in [0.25, 0.3) is 0 Å². The van der Waals surface area contributed by atoms with Gasteiger partial charge in [0.25, 0.3) is 0 Å². The first kappa shape index (κ1) is 16.1. The van der Waals surface area contributed by atoms with Crippen molar-refractivity contribution in [3.63, 3.8) is 0 Å². The van der Waals surface area contributed by atoms with Gasteiger partial charge in [0.1, 0.15) is 6.10 Å². The van der Waals surface area contributed by atoms with E-state index in [1.807, 2.05) is 0 Å². The molecule has 0 aromatic rings. The summed E-state index contributed by atoms with van der Waals surface area (Å²) < 4.78 is 4.49. The maximum atomic E-state index is 10.2. The summed E-state index contributed by atoms with van der Waals surface area (Å²) in [5.74, 6) is -0.675. The Hall–Kier alpha value is -0.900. The number of ether oxygens (including phenoxy) is 1. The number of hydrogen-bond acceptors (Lipinski definition) is 3. The minimum absolute atomic E-state index is 0.0463. The lowest BCUT2D eigenvalue weighted by molar-refractivity contribution is -0.137. The third-order valence-corrected chi connectivity index (χ3v) is 2.33. The number of carbonyl (C=O) groups is 2. The Morgan fingerprint density at radius 3 is 2.24 bits per heavy atom. The number of aliphatic carboxylic acids is 1. The van der Waals surface area contributed by atoms with Crippen LogP contribution in [0.4, 0.5) is 0 Å². The molecule has 1 unspecified atom stereocenters. The molecular formula is C13H24O4. The average molecular weight is 244 g/mol. The summed E-state index contributed by atoms with van der Waals surface area (Å²) in [4.78, 5) is 19.6. The Bertz CT molecular complexity index is 226. The van der Waals surface area contributed by atoms with Crippen molar-refractivity contribution in [1.82, 2.24) is 0 Å². The van der Waals surface area contributed by atoms with E-state index >= 15 is 0 Å². The highest BCUT2D eigenvalue weighted by Gasteiger charge is 2.19. The highest BCUT2D eigenvalue weighted by Crippen LogP contribution is 2.22. The van der Waals surface area contributed by atoms with Crippen molar-refractivity contribution in [3.8, 4) is 0 Å². The van der Waals surface area contributed by atoms with Crippen LogP contribution in [0.1, 0.15) is 52.9 Å². The van der Waals surface area contributed by atoms with Crippen LogP contribution in [0.2, 0.25) is 0 Å². The topological polar surface area (TPSA) is 66.9 Å². The monoisotopic (exact) mass is 244 g/mol. The molecule has 17 heavy (non-hydrogen) atoms. The molecule has 4 nitrogen and oxygen atoms in total. The molecule has 1 atom stereocenters. The summed E-state index contributed by atoms with van der Waals surface area (Å²) in [7, 11) is 0. The van der Waals surface area contributed by atoms with Crippen molar-refractivity contribution < 1.29 is 19.4 Å². The Labute approximate surface area is 103 Å². The fraction of sp³-hybridized carbons (Fsp3) is 0.846. The highest BCUT2D eigenvalue weighted by atomic mass is 16.6. The molecular weight excluding hydrogens is 220 g/mol. The molecule has 4 heteroatoms. The molecule has 0 saturated carbocycles. The van der Waals surface area contributed by atoms with Crippen LogP contribution in [0.3, 0.4) is 0 Å². The van der Waals surface area contributed by atoms with E-state index in [1.165, 1.54) is 6.42 Å². The normalized spacial score (nSPS) is 17.9. The van der Waals surface area contributed by atoms with E-state index in [1.54, 1.807) is 0 Å². The molecule has 0 aliphatic carbocycles. The van der Waals surface area contributed by atoms with Gasteiger partial charge in [0, 0.05) is 6.42 Å². The van der Waals surface area contributed by atoms with E-state index in [0.717, 1.165) is 25.5 Å².